The summed E-state index contributed by atoms with van der Waals surface area (Å²) in [5.74, 6) is 0. The van der Waals surface area contributed by atoms with Gasteiger partial charge in [-0.15, -0.1) is 0 Å². The summed E-state index contributed by atoms with van der Waals surface area (Å²) in [4.78, 5) is 0. The predicted octanol–water partition coefficient (Wildman–Crippen LogP) is -5.14. The first-order chi connectivity index (χ1) is 17.1. The molecule has 0 amide bonds. The van der Waals surface area contributed by atoms with Crippen LogP contribution in [0.5, 0.6) is 0 Å². The number of nitrogens with two attached hydrogens (primary N) is 1. The van der Waals surface area contributed by atoms with Crippen molar-refractivity contribution in [2.45, 2.75) is 106 Å². The fourth-order valence-electron chi connectivity index (χ4n) is 4.38. The van der Waals surface area contributed by atoms with Gasteiger partial charge in [0, 0.05) is 6.42 Å². The number of ether oxygens (including phenoxy) is 6. The number of hydrogen-bond donors (Lipinski definition) is 9. The third kappa shape index (κ3) is 6.69. The topological polar surface area (TPSA) is 243 Å². The number of aliphatic hydroxyl groups is 8. The van der Waals surface area contributed by atoms with Crippen molar-refractivity contribution < 1.29 is 69.3 Å². The minimum absolute atomic E-state index is 0.116. The van der Waals surface area contributed by atoms with Gasteiger partial charge in [0.1, 0.15) is 54.9 Å². The molecule has 15 heteroatoms. The Kier molecular flexibility index (Phi) is 11.2. The molecule has 3 rings (SSSR count). The molecule has 3 aliphatic rings. The normalized spacial score (nSPS) is 48.2. The van der Waals surface area contributed by atoms with Crippen LogP contribution >= 0.6 is 0 Å². The second-order valence-corrected chi connectivity index (χ2v) is 9.19. The molecule has 3 saturated heterocycles. The van der Waals surface area contributed by atoms with Crippen molar-refractivity contribution in [3.8, 4) is 0 Å². The maximum atomic E-state index is 10.9. The van der Waals surface area contributed by atoms with Crippen LogP contribution in [-0.4, -0.2) is 153 Å². The van der Waals surface area contributed by atoms with Crippen molar-refractivity contribution in [1.29, 1.82) is 0 Å². The van der Waals surface area contributed by atoms with Gasteiger partial charge in [0.2, 0.25) is 0 Å². The molecule has 212 valence electrons. The van der Waals surface area contributed by atoms with Gasteiger partial charge in [0.05, 0.1) is 32.0 Å². The SMILES string of the molecule is CC1O[C@@H](O[C@H]2C(O[C@H]3OC(CO)[C@H](O)[C@H](O)C3O)[C@@H](O)C(CO)O[C@H]2OCCCN)C[C@@H](O)[C@@H]1O. The molecule has 3 aliphatic heterocycles. The first-order valence-corrected chi connectivity index (χ1v) is 12.0. The lowest BCUT2D eigenvalue weighted by atomic mass is 9.96. The lowest BCUT2D eigenvalue weighted by Crippen LogP contribution is -2.66. The summed E-state index contributed by atoms with van der Waals surface area (Å²) in [6, 6.07) is 0. The molecule has 0 aromatic rings. The number of rotatable bonds is 10. The van der Waals surface area contributed by atoms with E-state index >= 15 is 0 Å². The summed E-state index contributed by atoms with van der Waals surface area (Å²) in [5.41, 5.74) is 5.53. The average molecular weight is 530 g/mol. The third-order valence-electron chi connectivity index (χ3n) is 6.55. The lowest BCUT2D eigenvalue weighted by Gasteiger charge is -2.48. The monoisotopic (exact) mass is 529 g/mol. The van der Waals surface area contributed by atoms with E-state index in [1.165, 1.54) is 6.92 Å². The van der Waals surface area contributed by atoms with Gasteiger partial charge in [-0.25, -0.2) is 0 Å². The second kappa shape index (κ2) is 13.5. The molecular weight excluding hydrogens is 490 g/mol. The second-order valence-electron chi connectivity index (χ2n) is 9.19. The molecule has 0 bridgehead atoms. The van der Waals surface area contributed by atoms with Crippen molar-refractivity contribution in [3.05, 3.63) is 0 Å². The van der Waals surface area contributed by atoms with Crippen molar-refractivity contribution in [1.82, 2.24) is 0 Å². The molecule has 0 aromatic carbocycles. The van der Waals surface area contributed by atoms with E-state index in [1.807, 2.05) is 0 Å². The standard InChI is InChI=1S/C21H39NO14/c1-8-13(26)9(25)5-12(32-8)35-19-18(15(28)11(7-24)34-21(19)31-4-2-3-22)36-20-17(30)16(29)14(27)10(6-23)33-20/h8-21,23-30H,2-7,22H2,1H3/t8?,9-,10?,11?,12+,13-,14+,15+,16+,17?,18?,19+,20-,21-/m1/s1. The molecule has 10 N–H and O–H groups in total. The largest absolute Gasteiger partial charge is 0.394 e. The molecular formula is C21H39NO14. The van der Waals surface area contributed by atoms with E-state index in [9.17, 15) is 40.9 Å². The van der Waals surface area contributed by atoms with E-state index in [4.69, 9.17) is 34.2 Å². The Balaban J connectivity index is 1.85. The Hall–Kier alpha value is -0.600. The van der Waals surface area contributed by atoms with E-state index in [0.29, 0.717) is 13.0 Å². The fourth-order valence-corrected chi connectivity index (χ4v) is 4.38. The van der Waals surface area contributed by atoms with Gasteiger partial charge < -0.3 is 75.0 Å². The zero-order valence-electron chi connectivity index (χ0n) is 19.9. The summed E-state index contributed by atoms with van der Waals surface area (Å²) in [6.07, 6.45) is -18.6. The van der Waals surface area contributed by atoms with Gasteiger partial charge in [-0.2, -0.15) is 0 Å². The molecule has 0 aliphatic carbocycles. The summed E-state index contributed by atoms with van der Waals surface area (Å²) in [5, 5.41) is 80.9. The Morgan fingerprint density at radius 3 is 2.00 bits per heavy atom. The third-order valence-corrected chi connectivity index (χ3v) is 6.55. The minimum atomic E-state index is -1.77. The molecule has 0 spiro atoms. The highest BCUT2D eigenvalue weighted by Crippen LogP contribution is 2.33. The highest BCUT2D eigenvalue weighted by atomic mass is 16.8. The van der Waals surface area contributed by atoms with Crippen LogP contribution in [0.15, 0.2) is 0 Å². The summed E-state index contributed by atoms with van der Waals surface area (Å²) < 4.78 is 34.2. The molecule has 3 fully saturated rings. The van der Waals surface area contributed by atoms with Crippen molar-refractivity contribution in [2.75, 3.05) is 26.4 Å². The van der Waals surface area contributed by atoms with Crippen molar-refractivity contribution in [2.24, 2.45) is 5.73 Å². The molecule has 36 heavy (non-hydrogen) atoms. The van der Waals surface area contributed by atoms with Crippen LogP contribution in [0, 0.1) is 0 Å². The Labute approximate surface area is 207 Å². The number of aliphatic hydroxyl groups excluding tert-OH is 8. The van der Waals surface area contributed by atoms with Crippen LogP contribution in [0.25, 0.3) is 0 Å². The van der Waals surface area contributed by atoms with E-state index in [-0.39, 0.29) is 13.0 Å². The summed E-state index contributed by atoms with van der Waals surface area (Å²) >= 11 is 0. The molecule has 3 heterocycles. The van der Waals surface area contributed by atoms with Gasteiger partial charge >= 0.3 is 0 Å². The number of hydrogen-bond acceptors (Lipinski definition) is 15. The van der Waals surface area contributed by atoms with Crippen LogP contribution in [-0.2, 0) is 28.4 Å². The quantitative estimate of drug-likeness (QED) is 0.120. The van der Waals surface area contributed by atoms with Crippen LogP contribution < -0.4 is 5.73 Å². The van der Waals surface area contributed by atoms with Gasteiger partial charge in [0.25, 0.3) is 0 Å². The maximum absolute atomic E-state index is 10.9. The minimum Gasteiger partial charge on any atom is -0.394 e. The Bertz CT molecular complexity index is 648. The molecule has 0 saturated carbocycles. The molecule has 0 radical (unpaired) electrons. The van der Waals surface area contributed by atoms with Gasteiger partial charge in [-0.3, -0.25) is 0 Å². The predicted molar refractivity (Wildman–Crippen MR) is 116 cm³/mol. The van der Waals surface area contributed by atoms with Crippen LogP contribution in [0.1, 0.15) is 19.8 Å². The van der Waals surface area contributed by atoms with Crippen molar-refractivity contribution >= 4 is 0 Å². The van der Waals surface area contributed by atoms with Gasteiger partial charge in [-0.05, 0) is 19.9 Å². The van der Waals surface area contributed by atoms with E-state index < -0.39 is 99.2 Å². The van der Waals surface area contributed by atoms with Crippen LogP contribution in [0.2, 0.25) is 0 Å². The first kappa shape index (κ1) is 29.9. The fraction of sp³-hybridized carbons (Fsp3) is 1.00. The molecule has 15 nitrogen and oxygen atoms in total. The molecule has 0 aromatic heterocycles. The summed E-state index contributed by atoms with van der Waals surface area (Å²) in [6.45, 7) is 0.628. The summed E-state index contributed by atoms with van der Waals surface area (Å²) in [7, 11) is 0. The average Bonchev–Trinajstić information content (AvgIpc) is 2.85. The smallest absolute Gasteiger partial charge is 0.187 e. The Morgan fingerprint density at radius 1 is 0.750 bits per heavy atom. The van der Waals surface area contributed by atoms with E-state index in [0.717, 1.165) is 0 Å². The highest BCUT2D eigenvalue weighted by Gasteiger charge is 2.53. The van der Waals surface area contributed by atoms with Gasteiger partial charge in [-0.1, -0.05) is 0 Å². The molecule has 14 atom stereocenters. The molecule has 5 unspecified atom stereocenters. The lowest BCUT2D eigenvalue weighted by molar-refractivity contribution is -0.382. The van der Waals surface area contributed by atoms with E-state index in [2.05, 4.69) is 0 Å². The Morgan fingerprint density at radius 2 is 1.39 bits per heavy atom. The van der Waals surface area contributed by atoms with Gasteiger partial charge in [0.15, 0.2) is 18.9 Å². The van der Waals surface area contributed by atoms with Crippen LogP contribution in [0.3, 0.4) is 0 Å². The van der Waals surface area contributed by atoms with Crippen LogP contribution in [0.4, 0.5) is 0 Å². The zero-order chi connectivity index (χ0) is 26.6. The van der Waals surface area contributed by atoms with Crippen molar-refractivity contribution in [3.63, 3.8) is 0 Å². The highest BCUT2D eigenvalue weighted by molar-refractivity contribution is 4.95. The zero-order valence-corrected chi connectivity index (χ0v) is 19.9. The first-order valence-electron chi connectivity index (χ1n) is 12.0. The van der Waals surface area contributed by atoms with E-state index in [1.54, 1.807) is 0 Å². The maximum Gasteiger partial charge on any atom is 0.187 e.